The van der Waals surface area contributed by atoms with E-state index in [1.165, 1.54) is 0 Å². The van der Waals surface area contributed by atoms with Crippen molar-refractivity contribution in [3.63, 3.8) is 0 Å². The summed E-state index contributed by atoms with van der Waals surface area (Å²) in [6.07, 6.45) is 4.17. The van der Waals surface area contributed by atoms with Gasteiger partial charge in [0.15, 0.2) is 0 Å². The van der Waals surface area contributed by atoms with Crippen molar-refractivity contribution in [2.24, 2.45) is 0 Å². The molecule has 5 rings (SSSR count). The molecular weight excluding hydrogens is 480 g/mol. The van der Waals surface area contributed by atoms with Gasteiger partial charge in [0.1, 0.15) is 18.2 Å². The number of halogens is 1. The van der Waals surface area contributed by atoms with Crippen molar-refractivity contribution in [1.82, 2.24) is 9.88 Å². The second-order valence-corrected chi connectivity index (χ2v) is 11.2. The molecule has 2 aromatic rings. The Morgan fingerprint density at radius 2 is 1.92 bits per heavy atom. The lowest BCUT2D eigenvalue weighted by molar-refractivity contribution is -0.124. The summed E-state index contributed by atoms with van der Waals surface area (Å²) in [6, 6.07) is 7.69. The number of benzene rings is 1. The largest absolute Gasteiger partial charge is 0.491 e. The highest BCUT2D eigenvalue weighted by atomic mass is 35.5. The Kier molecular flexibility index (Phi) is 6.47. The third kappa shape index (κ3) is 4.58. The molecule has 1 aromatic carbocycles. The number of nitrogens with zero attached hydrogens (tertiary/aromatic N) is 4. The Morgan fingerprint density at radius 1 is 1.17 bits per heavy atom. The maximum atomic E-state index is 13.2. The molecule has 0 radical (unpaired) electrons. The number of likely N-dealkylation sites (N-methyl/N-ethyl adjacent to an activating group) is 1. The summed E-state index contributed by atoms with van der Waals surface area (Å²) in [4.78, 5) is 35.7. The minimum Gasteiger partial charge on any atom is -0.491 e. The first-order chi connectivity index (χ1) is 17.1. The van der Waals surface area contributed by atoms with Gasteiger partial charge in [-0.1, -0.05) is 11.6 Å². The number of carbonyl (C=O) groups excluding carboxylic acids is 2. The number of rotatable bonds is 6. The number of β-amino-alcohol motifs (C(OH)–C–C–N with tert-alkyl or cyclic N) is 1. The van der Waals surface area contributed by atoms with Crippen LogP contribution in [0.5, 0.6) is 5.75 Å². The van der Waals surface area contributed by atoms with E-state index in [0.29, 0.717) is 36.0 Å². The van der Waals surface area contributed by atoms with E-state index >= 15 is 0 Å². The van der Waals surface area contributed by atoms with E-state index in [0.717, 1.165) is 49.3 Å². The number of hydrogen-bond acceptors (Lipinski definition) is 6. The second-order valence-electron chi connectivity index (χ2n) is 10.7. The number of piperidine rings is 1. The molecule has 192 valence electrons. The first-order valence-electron chi connectivity index (χ1n) is 12.5. The lowest BCUT2D eigenvalue weighted by Gasteiger charge is -2.38. The van der Waals surface area contributed by atoms with Gasteiger partial charge in [0.2, 0.25) is 11.8 Å². The maximum Gasteiger partial charge on any atom is 0.237 e. The molecule has 3 aliphatic heterocycles. The van der Waals surface area contributed by atoms with Crippen LogP contribution in [0.25, 0.3) is 0 Å². The van der Waals surface area contributed by atoms with Crippen LogP contribution in [0.3, 0.4) is 0 Å². The number of anilines is 2. The van der Waals surface area contributed by atoms with Crippen LogP contribution in [0.1, 0.15) is 44.2 Å². The topological polar surface area (TPSA) is 86.2 Å². The third-order valence-electron chi connectivity index (χ3n) is 7.56. The quantitative estimate of drug-likeness (QED) is 0.640. The zero-order chi connectivity index (χ0) is 25.7. The molecule has 2 amide bonds. The van der Waals surface area contributed by atoms with Gasteiger partial charge in [0.05, 0.1) is 23.8 Å². The van der Waals surface area contributed by atoms with Gasteiger partial charge in [-0.05, 0) is 81.6 Å². The smallest absolute Gasteiger partial charge is 0.237 e. The number of aromatic nitrogens is 1. The summed E-state index contributed by atoms with van der Waals surface area (Å²) in [5.74, 6) is 1.42. The Bertz CT molecular complexity index is 1190. The number of fused-ring (bicyclic) bond motifs is 3. The number of likely N-dealkylation sites (tertiary alicyclic amines) is 1. The molecule has 0 unspecified atom stereocenters. The number of amides is 2. The number of aryl methyl sites for hydroxylation is 1. The summed E-state index contributed by atoms with van der Waals surface area (Å²) in [5.41, 5.74) is 1.49. The van der Waals surface area contributed by atoms with E-state index in [1.807, 2.05) is 31.3 Å². The molecule has 8 nitrogen and oxygen atoms in total. The average Bonchev–Trinajstić information content (AvgIpc) is 3.03. The highest BCUT2D eigenvalue weighted by Crippen LogP contribution is 2.48. The molecule has 3 aliphatic rings. The molecule has 4 heterocycles. The van der Waals surface area contributed by atoms with Crippen LogP contribution in [0.15, 0.2) is 30.5 Å². The van der Waals surface area contributed by atoms with Crippen LogP contribution in [0, 0.1) is 0 Å². The predicted molar refractivity (Wildman–Crippen MR) is 139 cm³/mol. The zero-order valence-electron chi connectivity index (χ0n) is 21.1. The van der Waals surface area contributed by atoms with Crippen LogP contribution in [-0.2, 0) is 21.4 Å². The molecule has 1 fully saturated rings. The van der Waals surface area contributed by atoms with Gasteiger partial charge in [0, 0.05) is 30.7 Å². The third-order valence-corrected chi connectivity index (χ3v) is 7.80. The Morgan fingerprint density at radius 3 is 2.64 bits per heavy atom. The zero-order valence-corrected chi connectivity index (χ0v) is 21.8. The number of hydrogen-bond donors (Lipinski definition) is 1. The molecule has 9 heteroatoms. The summed E-state index contributed by atoms with van der Waals surface area (Å²) < 4.78 is 6.02. The van der Waals surface area contributed by atoms with E-state index < -0.39 is 11.0 Å². The van der Waals surface area contributed by atoms with Crippen molar-refractivity contribution in [1.29, 1.82) is 0 Å². The van der Waals surface area contributed by atoms with E-state index in [2.05, 4.69) is 9.88 Å². The molecule has 1 spiro atoms. The minimum atomic E-state index is -0.999. The van der Waals surface area contributed by atoms with Gasteiger partial charge in [-0.2, -0.15) is 0 Å². The van der Waals surface area contributed by atoms with E-state index in [9.17, 15) is 14.7 Å². The summed E-state index contributed by atoms with van der Waals surface area (Å²) in [5, 5.41) is 10.9. The predicted octanol–water partition coefficient (Wildman–Crippen LogP) is 3.17. The van der Waals surface area contributed by atoms with Gasteiger partial charge in [-0.25, -0.2) is 4.98 Å². The number of ether oxygens (including phenoxy) is 1. The fraction of sp³-hybridized carbons (Fsp3) is 0.519. The van der Waals surface area contributed by atoms with Gasteiger partial charge < -0.3 is 14.7 Å². The van der Waals surface area contributed by atoms with E-state index in [1.54, 1.807) is 29.8 Å². The Balaban J connectivity index is 1.18. The van der Waals surface area contributed by atoms with Gasteiger partial charge in [-0.15, -0.1) is 0 Å². The number of aliphatic hydroxyl groups is 1. The maximum absolute atomic E-state index is 13.2. The normalized spacial score (nSPS) is 19.6. The van der Waals surface area contributed by atoms with Crippen molar-refractivity contribution in [2.75, 3.05) is 49.6 Å². The average molecular weight is 513 g/mol. The summed E-state index contributed by atoms with van der Waals surface area (Å²) in [6.45, 7) is 6.46. The summed E-state index contributed by atoms with van der Waals surface area (Å²) >= 11 is 6.27. The van der Waals surface area contributed by atoms with Crippen LogP contribution in [0.2, 0.25) is 5.02 Å². The molecule has 36 heavy (non-hydrogen) atoms. The molecule has 1 N–H and O–H groups in total. The molecule has 0 atom stereocenters. The molecule has 0 aliphatic carbocycles. The fourth-order valence-electron chi connectivity index (χ4n) is 5.70. The van der Waals surface area contributed by atoms with Gasteiger partial charge in [0.25, 0.3) is 0 Å². The van der Waals surface area contributed by atoms with Crippen LogP contribution in [-0.4, -0.2) is 72.2 Å². The van der Waals surface area contributed by atoms with Crippen LogP contribution >= 0.6 is 11.6 Å². The minimum absolute atomic E-state index is 0.0227. The van der Waals surface area contributed by atoms with Gasteiger partial charge in [-0.3, -0.25) is 19.4 Å². The first kappa shape index (κ1) is 25.0. The lowest BCUT2D eigenvalue weighted by Crippen LogP contribution is -2.48. The molecule has 0 bridgehead atoms. The second kappa shape index (κ2) is 9.32. The molecule has 1 aromatic heterocycles. The fourth-order valence-corrected chi connectivity index (χ4v) is 5.87. The van der Waals surface area contributed by atoms with E-state index in [4.69, 9.17) is 16.3 Å². The number of pyridine rings is 1. The van der Waals surface area contributed by atoms with Crippen LogP contribution in [0.4, 0.5) is 11.5 Å². The molecule has 0 saturated carbocycles. The number of carbonyl (C=O) groups is 2. The lowest BCUT2D eigenvalue weighted by atomic mass is 9.73. The molecule has 1 saturated heterocycles. The monoisotopic (exact) mass is 512 g/mol. The van der Waals surface area contributed by atoms with E-state index in [-0.39, 0.29) is 18.4 Å². The standard InChI is InChI=1S/C27H33ClN4O4/c1-26(2,35)17-32-23(33)7-4-18-14-20(16-29-24(18)32)36-13-12-31-10-8-27(9-11-31)21-15-19(28)5-6-22(21)30(3)25(27)34/h5-6,14-16,35H,4,7-13,17H2,1-3H3. The summed E-state index contributed by atoms with van der Waals surface area (Å²) in [7, 11) is 1.84. The Labute approximate surface area is 216 Å². The highest BCUT2D eigenvalue weighted by molar-refractivity contribution is 6.31. The van der Waals surface area contributed by atoms with Crippen molar-refractivity contribution >= 4 is 34.9 Å². The van der Waals surface area contributed by atoms with Crippen molar-refractivity contribution in [3.05, 3.63) is 46.6 Å². The Hall–Kier alpha value is -2.68. The van der Waals surface area contributed by atoms with Crippen molar-refractivity contribution in [3.8, 4) is 5.75 Å². The van der Waals surface area contributed by atoms with Crippen LogP contribution < -0.4 is 14.5 Å². The molecular formula is C27H33ClN4O4. The first-order valence-corrected chi connectivity index (χ1v) is 12.9. The highest BCUT2D eigenvalue weighted by Gasteiger charge is 2.50. The van der Waals surface area contributed by atoms with Gasteiger partial charge >= 0.3 is 0 Å². The van der Waals surface area contributed by atoms with Crippen molar-refractivity contribution in [2.45, 2.75) is 50.5 Å². The SMILES string of the molecule is CN1C(=O)C2(CCN(CCOc3cnc4c(c3)CCC(=O)N4CC(C)(C)O)CC2)c2cc(Cl)ccc21. The van der Waals surface area contributed by atoms with Crippen molar-refractivity contribution < 1.29 is 19.4 Å².